The molecule has 3 rings (SSSR count). The van der Waals surface area contributed by atoms with Gasteiger partial charge in [-0.25, -0.2) is 9.69 Å². The summed E-state index contributed by atoms with van der Waals surface area (Å²) in [5.41, 5.74) is 0.439. The highest BCUT2D eigenvalue weighted by molar-refractivity contribution is 6.23. The minimum absolute atomic E-state index is 0.0693. The van der Waals surface area contributed by atoms with Crippen molar-refractivity contribution in [3.8, 4) is 0 Å². The lowest BCUT2D eigenvalue weighted by Crippen LogP contribution is -2.49. The normalized spacial score (nSPS) is 21.5. The summed E-state index contributed by atoms with van der Waals surface area (Å²) >= 11 is 0. The number of rotatable bonds is 6. The van der Waals surface area contributed by atoms with Crippen molar-refractivity contribution in [1.82, 2.24) is 4.90 Å². The third kappa shape index (κ3) is 5.31. The Labute approximate surface area is 182 Å². The third-order valence-electron chi connectivity index (χ3n) is 5.47. The molecule has 0 saturated carbocycles. The van der Waals surface area contributed by atoms with E-state index < -0.39 is 17.9 Å². The first-order chi connectivity index (χ1) is 14.6. The van der Waals surface area contributed by atoms with E-state index in [1.807, 2.05) is 20.8 Å². The van der Waals surface area contributed by atoms with Gasteiger partial charge >= 0.3 is 5.97 Å². The highest BCUT2D eigenvalue weighted by Crippen LogP contribution is 2.29. The van der Waals surface area contributed by atoms with Crippen molar-refractivity contribution < 1.29 is 28.7 Å². The quantitative estimate of drug-likeness (QED) is 0.509. The Morgan fingerprint density at radius 3 is 2.42 bits per heavy atom. The number of methoxy groups -OCH3 is 1. The molecule has 3 amide bonds. The fourth-order valence-electron chi connectivity index (χ4n) is 3.96. The first-order valence-electron chi connectivity index (χ1n) is 10.6. The van der Waals surface area contributed by atoms with Crippen molar-refractivity contribution in [3.63, 3.8) is 0 Å². The Morgan fingerprint density at radius 2 is 1.87 bits per heavy atom. The Bertz CT molecular complexity index is 852. The minimum atomic E-state index is -0.855. The van der Waals surface area contributed by atoms with Gasteiger partial charge in [-0.3, -0.25) is 14.4 Å². The molecule has 2 aliphatic heterocycles. The van der Waals surface area contributed by atoms with E-state index in [1.165, 1.54) is 36.3 Å². The summed E-state index contributed by atoms with van der Waals surface area (Å²) in [5, 5.41) is 0. The molecule has 2 heterocycles. The standard InChI is InChI=1S/C23H30N2O6/c1-23(2,3)13-20(27)24(14-17-6-5-11-31-17)18-12-19(26)25(21(18)28)16-9-7-15(8-10-16)22(29)30-4/h7-10,17-18H,5-6,11-14H2,1-4H3. The number of nitrogens with zero attached hydrogens (tertiary/aromatic N) is 2. The second kappa shape index (κ2) is 9.18. The van der Waals surface area contributed by atoms with Gasteiger partial charge < -0.3 is 14.4 Å². The Hall–Kier alpha value is -2.74. The number of ether oxygens (including phenoxy) is 2. The lowest BCUT2D eigenvalue weighted by molar-refractivity contribution is -0.141. The van der Waals surface area contributed by atoms with Crippen LogP contribution in [-0.2, 0) is 23.9 Å². The van der Waals surface area contributed by atoms with Gasteiger partial charge in [-0.15, -0.1) is 0 Å². The van der Waals surface area contributed by atoms with Gasteiger partial charge in [0.2, 0.25) is 11.8 Å². The van der Waals surface area contributed by atoms with E-state index in [2.05, 4.69) is 4.74 Å². The van der Waals surface area contributed by atoms with E-state index in [-0.39, 0.29) is 36.2 Å². The molecule has 2 aliphatic rings. The Morgan fingerprint density at radius 1 is 1.19 bits per heavy atom. The number of hydrogen-bond donors (Lipinski definition) is 0. The number of carbonyl (C=O) groups is 4. The van der Waals surface area contributed by atoms with E-state index in [9.17, 15) is 19.2 Å². The zero-order valence-electron chi connectivity index (χ0n) is 18.6. The van der Waals surface area contributed by atoms with E-state index in [1.54, 1.807) is 0 Å². The van der Waals surface area contributed by atoms with Crippen LogP contribution in [0, 0.1) is 5.41 Å². The van der Waals surface area contributed by atoms with E-state index in [4.69, 9.17) is 4.74 Å². The molecule has 2 fully saturated rings. The highest BCUT2D eigenvalue weighted by atomic mass is 16.5. The van der Waals surface area contributed by atoms with Gasteiger partial charge in [0.05, 0.1) is 30.9 Å². The number of esters is 1. The van der Waals surface area contributed by atoms with Crippen LogP contribution in [0.15, 0.2) is 24.3 Å². The van der Waals surface area contributed by atoms with Crippen LogP contribution in [-0.4, -0.2) is 61.0 Å². The molecule has 1 aromatic carbocycles. The Kier molecular flexibility index (Phi) is 6.79. The molecule has 168 valence electrons. The molecule has 2 atom stereocenters. The van der Waals surface area contributed by atoms with E-state index in [0.717, 1.165) is 17.7 Å². The summed E-state index contributed by atoms with van der Waals surface area (Å²) in [7, 11) is 1.28. The van der Waals surface area contributed by atoms with E-state index >= 15 is 0 Å². The van der Waals surface area contributed by atoms with Crippen molar-refractivity contribution in [2.75, 3.05) is 25.2 Å². The molecule has 2 unspecified atom stereocenters. The fourth-order valence-corrected chi connectivity index (χ4v) is 3.96. The maximum absolute atomic E-state index is 13.3. The molecule has 0 aromatic heterocycles. The number of benzene rings is 1. The van der Waals surface area contributed by atoms with Crippen molar-refractivity contribution in [3.05, 3.63) is 29.8 Å². The van der Waals surface area contributed by atoms with Gasteiger partial charge in [0.15, 0.2) is 0 Å². The van der Waals surface area contributed by atoms with Crippen molar-refractivity contribution in [2.24, 2.45) is 5.41 Å². The van der Waals surface area contributed by atoms with Gasteiger partial charge in [0.1, 0.15) is 6.04 Å². The van der Waals surface area contributed by atoms with Crippen molar-refractivity contribution in [1.29, 1.82) is 0 Å². The third-order valence-corrected chi connectivity index (χ3v) is 5.47. The van der Waals surface area contributed by atoms with Crippen LogP contribution in [0.2, 0.25) is 0 Å². The number of hydrogen-bond acceptors (Lipinski definition) is 6. The maximum atomic E-state index is 13.3. The second-order valence-electron chi connectivity index (χ2n) is 9.24. The Balaban J connectivity index is 1.83. The summed E-state index contributed by atoms with van der Waals surface area (Å²) in [5.74, 6) is -1.46. The first-order valence-corrected chi connectivity index (χ1v) is 10.6. The summed E-state index contributed by atoms with van der Waals surface area (Å²) < 4.78 is 10.4. The topological polar surface area (TPSA) is 93.2 Å². The second-order valence-corrected chi connectivity index (χ2v) is 9.24. The molecule has 0 bridgehead atoms. The number of anilines is 1. The molecule has 0 N–H and O–H groups in total. The lowest BCUT2D eigenvalue weighted by atomic mass is 9.91. The monoisotopic (exact) mass is 430 g/mol. The lowest BCUT2D eigenvalue weighted by Gasteiger charge is -2.32. The molecule has 1 aromatic rings. The largest absolute Gasteiger partial charge is 0.465 e. The van der Waals surface area contributed by atoms with E-state index in [0.29, 0.717) is 24.4 Å². The summed E-state index contributed by atoms with van der Waals surface area (Å²) in [4.78, 5) is 53.4. The van der Waals surface area contributed by atoms with Gasteiger partial charge in [0, 0.05) is 19.6 Å². The summed E-state index contributed by atoms with van der Waals surface area (Å²) in [6, 6.07) is 5.22. The molecule has 0 spiro atoms. The SMILES string of the molecule is COC(=O)c1ccc(N2C(=O)CC(N(CC3CCCO3)C(=O)CC(C)(C)C)C2=O)cc1. The van der Waals surface area contributed by atoms with Crippen LogP contribution < -0.4 is 4.90 Å². The average molecular weight is 431 g/mol. The summed E-state index contributed by atoms with van der Waals surface area (Å²) in [6.45, 7) is 6.83. The molecule has 2 saturated heterocycles. The van der Waals surface area contributed by atoms with Gasteiger partial charge in [-0.1, -0.05) is 20.8 Å². The van der Waals surface area contributed by atoms with Crippen LogP contribution in [0.4, 0.5) is 5.69 Å². The molecule has 0 radical (unpaired) electrons. The predicted molar refractivity (Wildman–Crippen MR) is 113 cm³/mol. The van der Waals surface area contributed by atoms with Crippen LogP contribution >= 0.6 is 0 Å². The van der Waals surface area contributed by atoms with Crippen molar-refractivity contribution in [2.45, 2.75) is 58.6 Å². The first kappa shape index (κ1) is 22.9. The minimum Gasteiger partial charge on any atom is -0.465 e. The molecular formula is C23H30N2O6. The molecule has 8 nitrogen and oxygen atoms in total. The van der Waals surface area contributed by atoms with Crippen LogP contribution in [0.3, 0.4) is 0 Å². The smallest absolute Gasteiger partial charge is 0.337 e. The molecule has 8 heteroatoms. The zero-order chi connectivity index (χ0) is 22.8. The van der Waals surface area contributed by atoms with Gasteiger partial charge in [-0.2, -0.15) is 0 Å². The van der Waals surface area contributed by atoms with Gasteiger partial charge in [0.25, 0.3) is 5.91 Å². The maximum Gasteiger partial charge on any atom is 0.337 e. The summed E-state index contributed by atoms with van der Waals surface area (Å²) in [6.07, 6.45) is 1.82. The van der Waals surface area contributed by atoms with Crippen molar-refractivity contribution >= 4 is 29.4 Å². The highest BCUT2D eigenvalue weighted by Gasteiger charge is 2.45. The molecule has 0 aliphatic carbocycles. The fraction of sp³-hybridized carbons (Fsp3) is 0.565. The number of amides is 3. The number of carbonyl (C=O) groups excluding carboxylic acids is 4. The van der Waals surface area contributed by atoms with Crippen LogP contribution in [0.5, 0.6) is 0 Å². The van der Waals surface area contributed by atoms with Crippen LogP contribution in [0.25, 0.3) is 0 Å². The molecular weight excluding hydrogens is 400 g/mol. The number of imide groups is 1. The average Bonchev–Trinajstić information content (AvgIpc) is 3.32. The van der Waals surface area contributed by atoms with Gasteiger partial charge in [-0.05, 0) is 42.5 Å². The predicted octanol–water partition coefficient (Wildman–Crippen LogP) is 2.55. The zero-order valence-corrected chi connectivity index (χ0v) is 18.6. The molecule has 31 heavy (non-hydrogen) atoms. The van der Waals surface area contributed by atoms with Crippen LogP contribution in [0.1, 0.15) is 56.8 Å².